The first-order valence-corrected chi connectivity index (χ1v) is 6.39. The number of nitrogen functional groups attached to an aromatic ring is 1. The number of hydrazine groups is 1. The highest BCUT2D eigenvalue weighted by Crippen LogP contribution is 2.29. The van der Waals surface area contributed by atoms with Crippen LogP contribution >= 0.6 is 15.9 Å². The molecule has 1 aromatic heterocycles. The fraction of sp³-hybridized carbons (Fsp3) is 0.600. The molecule has 7 heteroatoms. The summed E-state index contributed by atoms with van der Waals surface area (Å²) in [6.07, 6.45) is 3.63. The molecule has 1 unspecified atom stereocenters. The summed E-state index contributed by atoms with van der Waals surface area (Å²) in [5, 5.41) is 8.94. The number of rotatable bonds is 4. The van der Waals surface area contributed by atoms with E-state index in [0.717, 1.165) is 36.2 Å². The van der Waals surface area contributed by atoms with Crippen molar-refractivity contribution in [2.75, 3.05) is 30.0 Å². The molecule has 1 atom stereocenters. The van der Waals surface area contributed by atoms with Crippen molar-refractivity contribution in [1.29, 1.82) is 0 Å². The van der Waals surface area contributed by atoms with Crippen molar-refractivity contribution in [3.05, 3.63) is 10.7 Å². The van der Waals surface area contributed by atoms with Crippen LogP contribution < -0.4 is 16.2 Å². The van der Waals surface area contributed by atoms with Crippen molar-refractivity contribution >= 4 is 27.7 Å². The van der Waals surface area contributed by atoms with E-state index < -0.39 is 0 Å². The molecule has 1 saturated heterocycles. The molecule has 1 fully saturated rings. The van der Waals surface area contributed by atoms with Crippen molar-refractivity contribution < 1.29 is 5.11 Å². The second-order valence-corrected chi connectivity index (χ2v) is 4.98. The van der Waals surface area contributed by atoms with Crippen molar-refractivity contribution in [2.45, 2.75) is 12.8 Å². The topological polar surface area (TPSA) is 87.3 Å². The van der Waals surface area contributed by atoms with Gasteiger partial charge in [0, 0.05) is 25.9 Å². The Balaban J connectivity index is 2.12. The highest BCUT2D eigenvalue weighted by atomic mass is 79.9. The molecule has 17 heavy (non-hydrogen) atoms. The Hall–Kier alpha value is -0.920. The molecule has 0 spiro atoms. The summed E-state index contributed by atoms with van der Waals surface area (Å²) in [7, 11) is 0. The van der Waals surface area contributed by atoms with Gasteiger partial charge in [0.2, 0.25) is 5.95 Å². The summed E-state index contributed by atoms with van der Waals surface area (Å²) in [5.41, 5.74) is 2.44. The number of aromatic nitrogens is 2. The van der Waals surface area contributed by atoms with Gasteiger partial charge in [0.15, 0.2) is 0 Å². The van der Waals surface area contributed by atoms with Crippen LogP contribution in [0.4, 0.5) is 11.8 Å². The average molecular weight is 302 g/mol. The van der Waals surface area contributed by atoms with Crippen LogP contribution in [0.2, 0.25) is 0 Å². The predicted octanol–water partition coefficient (Wildman–Crippen LogP) is 0.733. The number of aliphatic hydroxyl groups excluding tert-OH is 1. The predicted molar refractivity (Wildman–Crippen MR) is 69.6 cm³/mol. The van der Waals surface area contributed by atoms with Crippen molar-refractivity contribution in [2.24, 2.45) is 11.8 Å². The van der Waals surface area contributed by atoms with Crippen molar-refractivity contribution in [1.82, 2.24) is 9.97 Å². The first-order chi connectivity index (χ1) is 8.24. The van der Waals surface area contributed by atoms with E-state index in [1.54, 1.807) is 6.20 Å². The van der Waals surface area contributed by atoms with Gasteiger partial charge in [-0.15, -0.1) is 0 Å². The fourth-order valence-corrected chi connectivity index (χ4v) is 2.53. The lowest BCUT2D eigenvalue weighted by Gasteiger charge is -2.19. The number of halogens is 1. The molecule has 6 nitrogen and oxygen atoms in total. The third-order valence-electron chi connectivity index (χ3n) is 2.98. The smallest absolute Gasteiger partial charge is 0.239 e. The van der Waals surface area contributed by atoms with Gasteiger partial charge in [-0.25, -0.2) is 10.8 Å². The van der Waals surface area contributed by atoms with E-state index in [1.807, 2.05) is 0 Å². The van der Waals surface area contributed by atoms with E-state index in [2.05, 4.69) is 36.2 Å². The molecule has 2 rings (SSSR count). The van der Waals surface area contributed by atoms with Crippen LogP contribution in [0.3, 0.4) is 0 Å². The average Bonchev–Trinajstić information content (AvgIpc) is 2.79. The van der Waals surface area contributed by atoms with E-state index in [1.165, 1.54) is 0 Å². The maximum atomic E-state index is 8.94. The largest absolute Gasteiger partial charge is 0.396 e. The minimum Gasteiger partial charge on any atom is -0.396 e. The van der Waals surface area contributed by atoms with Gasteiger partial charge in [-0.3, -0.25) is 5.43 Å². The third kappa shape index (κ3) is 2.85. The van der Waals surface area contributed by atoms with Gasteiger partial charge in [-0.2, -0.15) is 4.98 Å². The Bertz CT molecular complexity index is 389. The zero-order chi connectivity index (χ0) is 12.3. The minimum atomic E-state index is 0.249. The summed E-state index contributed by atoms with van der Waals surface area (Å²) < 4.78 is 0.862. The summed E-state index contributed by atoms with van der Waals surface area (Å²) in [5.74, 6) is 7.10. The lowest BCUT2D eigenvalue weighted by atomic mass is 10.1. The Morgan fingerprint density at radius 3 is 3.18 bits per heavy atom. The van der Waals surface area contributed by atoms with Crippen LogP contribution in [0.15, 0.2) is 10.7 Å². The molecule has 2 heterocycles. The van der Waals surface area contributed by atoms with Gasteiger partial charge in [0.1, 0.15) is 5.82 Å². The van der Waals surface area contributed by atoms with E-state index in [-0.39, 0.29) is 6.61 Å². The van der Waals surface area contributed by atoms with Gasteiger partial charge < -0.3 is 10.0 Å². The third-order valence-corrected chi connectivity index (χ3v) is 3.54. The normalized spacial score (nSPS) is 19.7. The molecule has 4 N–H and O–H groups in total. The number of aliphatic hydroxyl groups is 1. The van der Waals surface area contributed by atoms with E-state index in [4.69, 9.17) is 10.9 Å². The summed E-state index contributed by atoms with van der Waals surface area (Å²) in [4.78, 5) is 10.5. The minimum absolute atomic E-state index is 0.249. The van der Waals surface area contributed by atoms with Crippen LogP contribution in [0.5, 0.6) is 0 Å². The van der Waals surface area contributed by atoms with Gasteiger partial charge in [-0.1, -0.05) is 0 Å². The molecule has 0 saturated carbocycles. The molecule has 0 bridgehead atoms. The van der Waals surface area contributed by atoms with Gasteiger partial charge in [-0.05, 0) is 34.7 Å². The Morgan fingerprint density at radius 2 is 2.47 bits per heavy atom. The maximum absolute atomic E-state index is 8.94. The number of nitrogens with two attached hydrogens (primary N) is 1. The summed E-state index contributed by atoms with van der Waals surface area (Å²) >= 11 is 3.44. The Labute approximate surface area is 108 Å². The fourth-order valence-electron chi connectivity index (χ4n) is 2.09. The molecule has 0 aliphatic carbocycles. The lowest BCUT2D eigenvalue weighted by Crippen LogP contribution is -2.23. The van der Waals surface area contributed by atoms with Crippen LogP contribution in [0.1, 0.15) is 12.8 Å². The summed E-state index contributed by atoms with van der Waals surface area (Å²) in [6.45, 7) is 2.11. The van der Waals surface area contributed by atoms with Gasteiger partial charge >= 0.3 is 0 Å². The molecule has 1 aromatic rings. The van der Waals surface area contributed by atoms with Crippen LogP contribution in [-0.4, -0.2) is 34.8 Å². The second kappa shape index (κ2) is 5.61. The SMILES string of the molecule is NNc1ncc(Br)c(N2CCC(CCO)C2)n1. The highest BCUT2D eigenvalue weighted by molar-refractivity contribution is 9.10. The molecule has 0 amide bonds. The maximum Gasteiger partial charge on any atom is 0.239 e. The second-order valence-electron chi connectivity index (χ2n) is 4.12. The van der Waals surface area contributed by atoms with Gasteiger partial charge in [0.05, 0.1) is 4.47 Å². The van der Waals surface area contributed by atoms with E-state index in [0.29, 0.717) is 11.9 Å². The van der Waals surface area contributed by atoms with Crippen LogP contribution in [0.25, 0.3) is 0 Å². The lowest BCUT2D eigenvalue weighted by molar-refractivity contribution is 0.263. The number of nitrogens with zero attached hydrogens (tertiary/aromatic N) is 3. The number of nitrogens with one attached hydrogen (secondary N) is 1. The highest BCUT2D eigenvalue weighted by Gasteiger charge is 2.24. The quantitative estimate of drug-likeness (QED) is 0.561. The van der Waals surface area contributed by atoms with Crippen molar-refractivity contribution in [3.63, 3.8) is 0 Å². The van der Waals surface area contributed by atoms with E-state index in [9.17, 15) is 0 Å². The molecule has 1 aliphatic rings. The number of hydrogen-bond donors (Lipinski definition) is 3. The molecule has 1 aliphatic heterocycles. The zero-order valence-electron chi connectivity index (χ0n) is 9.43. The molecular weight excluding hydrogens is 286 g/mol. The first kappa shape index (κ1) is 12.5. The standard InChI is InChI=1S/C10H16BrN5O/c11-8-5-13-10(15-12)14-9(8)16-3-1-7(6-16)2-4-17/h5,7,17H,1-4,6,12H2,(H,13,14,15). The molecular formula is C10H16BrN5O. The molecule has 94 valence electrons. The number of anilines is 2. The van der Waals surface area contributed by atoms with Crippen LogP contribution in [0, 0.1) is 5.92 Å². The first-order valence-electron chi connectivity index (χ1n) is 5.59. The molecule has 0 radical (unpaired) electrons. The number of hydrogen-bond acceptors (Lipinski definition) is 6. The Kier molecular flexibility index (Phi) is 4.14. The summed E-state index contributed by atoms with van der Waals surface area (Å²) in [6, 6.07) is 0. The van der Waals surface area contributed by atoms with Gasteiger partial charge in [0.25, 0.3) is 0 Å². The van der Waals surface area contributed by atoms with E-state index >= 15 is 0 Å². The van der Waals surface area contributed by atoms with Crippen molar-refractivity contribution in [3.8, 4) is 0 Å². The van der Waals surface area contributed by atoms with Crippen LogP contribution in [-0.2, 0) is 0 Å². The zero-order valence-corrected chi connectivity index (χ0v) is 11.0. The molecule has 0 aromatic carbocycles. The Morgan fingerprint density at radius 1 is 1.65 bits per heavy atom. The monoisotopic (exact) mass is 301 g/mol.